The molecule has 0 spiro atoms. The van der Waals surface area contributed by atoms with E-state index in [4.69, 9.17) is 9.15 Å². The van der Waals surface area contributed by atoms with Crippen molar-refractivity contribution in [3.8, 4) is 0 Å². The van der Waals surface area contributed by atoms with Gasteiger partial charge >= 0.3 is 5.97 Å². The molecule has 0 aliphatic carbocycles. The number of carbonyl (C=O) groups is 1. The highest BCUT2D eigenvalue weighted by atomic mass is 79.9. The zero-order chi connectivity index (χ0) is 15.4. The van der Waals surface area contributed by atoms with E-state index < -0.39 is 0 Å². The van der Waals surface area contributed by atoms with Crippen LogP contribution in [0.1, 0.15) is 39.7 Å². The molecule has 0 N–H and O–H groups in total. The third-order valence-electron chi connectivity index (χ3n) is 3.15. The van der Waals surface area contributed by atoms with Gasteiger partial charge in [-0.2, -0.15) is 0 Å². The van der Waals surface area contributed by atoms with Gasteiger partial charge in [0.2, 0.25) is 0 Å². The van der Waals surface area contributed by atoms with Crippen molar-refractivity contribution in [3.05, 3.63) is 51.1 Å². The zero-order valence-electron chi connectivity index (χ0n) is 12.4. The molecule has 0 aliphatic rings. The number of ether oxygens (including phenoxy) is 1. The number of rotatable bonds is 5. The molecule has 4 nitrogen and oxygen atoms in total. The van der Waals surface area contributed by atoms with E-state index in [1.807, 2.05) is 25.1 Å². The molecule has 0 amide bonds. The first-order chi connectivity index (χ1) is 9.99. The van der Waals surface area contributed by atoms with E-state index in [2.05, 4.69) is 20.9 Å². The second-order valence-electron chi connectivity index (χ2n) is 4.91. The fraction of sp³-hybridized carbons (Fsp3) is 0.375. The average molecular weight is 352 g/mol. The summed E-state index contributed by atoms with van der Waals surface area (Å²) in [6.45, 7) is 5.89. The molecular weight excluding hydrogens is 334 g/mol. The Morgan fingerprint density at radius 2 is 2.05 bits per heavy atom. The predicted molar refractivity (Wildman–Crippen MR) is 83.5 cm³/mol. The third-order valence-corrected chi connectivity index (χ3v) is 4.10. The molecule has 0 fully saturated rings. The summed E-state index contributed by atoms with van der Waals surface area (Å²) in [5.74, 6) is 0.904. The molecule has 2 aromatic rings. The summed E-state index contributed by atoms with van der Waals surface area (Å²) < 4.78 is 11.4. The van der Waals surface area contributed by atoms with Crippen LogP contribution in [0.15, 0.2) is 27.1 Å². The van der Waals surface area contributed by atoms with E-state index in [1.54, 1.807) is 13.8 Å². The van der Waals surface area contributed by atoms with E-state index in [1.165, 1.54) is 0 Å². The molecule has 21 heavy (non-hydrogen) atoms. The number of halogens is 1. The molecule has 0 bridgehead atoms. The monoisotopic (exact) mass is 351 g/mol. The van der Waals surface area contributed by atoms with Gasteiger partial charge in [-0.1, -0.05) is 6.07 Å². The minimum absolute atomic E-state index is 0.353. The van der Waals surface area contributed by atoms with Crippen LogP contribution in [0, 0.1) is 20.8 Å². The molecule has 112 valence electrons. The standard InChI is InChI=1S/C16H18BrNO3/c1-10-6-4-7-13(18-10)8-5-9-20-16(19)14-11(2)21-12(3)15(14)17/h4,6-7H,5,8-9H2,1-3H3. The topological polar surface area (TPSA) is 52.3 Å². The van der Waals surface area contributed by atoms with Crippen LogP contribution in [-0.4, -0.2) is 17.6 Å². The number of carbonyl (C=O) groups excluding carboxylic acids is 1. The molecule has 0 aromatic carbocycles. The highest BCUT2D eigenvalue weighted by Gasteiger charge is 2.20. The molecule has 0 atom stereocenters. The van der Waals surface area contributed by atoms with Crippen LogP contribution >= 0.6 is 15.9 Å². The van der Waals surface area contributed by atoms with Crippen LogP contribution in [0.4, 0.5) is 0 Å². The molecule has 0 aliphatic heterocycles. The van der Waals surface area contributed by atoms with Crippen LogP contribution < -0.4 is 0 Å². The lowest BCUT2D eigenvalue weighted by Crippen LogP contribution is -2.08. The van der Waals surface area contributed by atoms with Gasteiger partial charge in [-0.3, -0.25) is 4.98 Å². The van der Waals surface area contributed by atoms with Gasteiger partial charge in [0.25, 0.3) is 0 Å². The second kappa shape index (κ2) is 6.89. The first-order valence-corrected chi connectivity index (χ1v) is 7.63. The van der Waals surface area contributed by atoms with Crippen molar-refractivity contribution in [2.24, 2.45) is 0 Å². The van der Waals surface area contributed by atoms with E-state index >= 15 is 0 Å². The fourth-order valence-electron chi connectivity index (χ4n) is 2.12. The molecule has 0 unspecified atom stereocenters. The van der Waals surface area contributed by atoms with Crippen molar-refractivity contribution in [3.63, 3.8) is 0 Å². The second-order valence-corrected chi connectivity index (χ2v) is 5.71. The number of furan rings is 1. The Bertz CT molecular complexity index is 649. The quantitative estimate of drug-likeness (QED) is 0.599. The molecule has 0 saturated carbocycles. The van der Waals surface area contributed by atoms with E-state index in [0.29, 0.717) is 28.2 Å². The highest BCUT2D eigenvalue weighted by Crippen LogP contribution is 2.27. The lowest BCUT2D eigenvalue weighted by molar-refractivity contribution is 0.0497. The van der Waals surface area contributed by atoms with Gasteiger partial charge in [0.15, 0.2) is 0 Å². The average Bonchev–Trinajstić information content (AvgIpc) is 2.68. The summed E-state index contributed by atoms with van der Waals surface area (Å²) in [6.07, 6.45) is 1.54. The third kappa shape index (κ3) is 3.94. The lowest BCUT2D eigenvalue weighted by Gasteiger charge is -2.05. The van der Waals surface area contributed by atoms with Crippen molar-refractivity contribution < 1.29 is 13.9 Å². The van der Waals surface area contributed by atoms with Crippen molar-refractivity contribution in [2.75, 3.05) is 6.61 Å². The minimum atomic E-state index is -0.353. The largest absolute Gasteiger partial charge is 0.465 e. The Kier molecular flexibility index (Phi) is 5.17. The van der Waals surface area contributed by atoms with Crippen molar-refractivity contribution in [1.82, 2.24) is 4.98 Å². The minimum Gasteiger partial charge on any atom is -0.465 e. The van der Waals surface area contributed by atoms with Crippen molar-refractivity contribution in [2.45, 2.75) is 33.6 Å². The van der Waals surface area contributed by atoms with Crippen LogP contribution in [0.3, 0.4) is 0 Å². The molecular formula is C16H18BrNO3. The van der Waals surface area contributed by atoms with Crippen LogP contribution in [-0.2, 0) is 11.2 Å². The highest BCUT2D eigenvalue weighted by molar-refractivity contribution is 9.10. The molecule has 2 rings (SSSR count). The normalized spacial score (nSPS) is 10.7. The number of aromatic nitrogens is 1. The molecule has 2 aromatic heterocycles. The number of hydrogen-bond acceptors (Lipinski definition) is 4. The Balaban J connectivity index is 1.85. The zero-order valence-corrected chi connectivity index (χ0v) is 14.0. The summed E-state index contributed by atoms with van der Waals surface area (Å²) in [6, 6.07) is 5.93. The van der Waals surface area contributed by atoms with Gasteiger partial charge in [0.1, 0.15) is 17.1 Å². The summed E-state index contributed by atoms with van der Waals surface area (Å²) >= 11 is 3.35. The maximum Gasteiger partial charge on any atom is 0.342 e. The van der Waals surface area contributed by atoms with Gasteiger partial charge in [0.05, 0.1) is 11.1 Å². The van der Waals surface area contributed by atoms with Crippen LogP contribution in [0.2, 0.25) is 0 Å². The van der Waals surface area contributed by atoms with Gasteiger partial charge in [-0.05, 0) is 61.7 Å². The number of nitrogens with zero attached hydrogens (tertiary/aromatic N) is 1. The van der Waals surface area contributed by atoms with Crippen LogP contribution in [0.5, 0.6) is 0 Å². The number of esters is 1. The Labute approximate surface area is 132 Å². The van der Waals surface area contributed by atoms with E-state index in [-0.39, 0.29) is 5.97 Å². The molecule has 2 heterocycles. The first kappa shape index (κ1) is 15.8. The fourth-order valence-corrected chi connectivity index (χ4v) is 2.64. The van der Waals surface area contributed by atoms with Crippen LogP contribution in [0.25, 0.3) is 0 Å². The summed E-state index contributed by atoms with van der Waals surface area (Å²) in [5.41, 5.74) is 2.49. The Morgan fingerprint density at radius 3 is 2.67 bits per heavy atom. The smallest absolute Gasteiger partial charge is 0.342 e. The van der Waals surface area contributed by atoms with Crippen molar-refractivity contribution in [1.29, 1.82) is 0 Å². The number of aryl methyl sites for hydroxylation is 4. The maximum absolute atomic E-state index is 12.0. The molecule has 5 heteroatoms. The summed E-state index contributed by atoms with van der Waals surface area (Å²) in [7, 11) is 0. The molecule has 0 saturated heterocycles. The predicted octanol–water partition coefficient (Wildman–Crippen LogP) is 4.15. The van der Waals surface area contributed by atoms with Gasteiger partial charge in [-0.15, -0.1) is 0 Å². The maximum atomic E-state index is 12.0. The van der Waals surface area contributed by atoms with E-state index in [0.717, 1.165) is 24.2 Å². The Morgan fingerprint density at radius 1 is 1.29 bits per heavy atom. The van der Waals surface area contributed by atoms with E-state index in [9.17, 15) is 4.79 Å². The van der Waals surface area contributed by atoms with Gasteiger partial charge < -0.3 is 9.15 Å². The lowest BCUT2D eigenvalue weighted by atomic mass is 10.2. The van der Waals surface area contributed by atoms with Gasteiger partial charge in [0, 0.05) is 11.4 Å². The summed E-state index contributed by atoms with van der Waals surface area (Å²) in [4.78, 5) is 16.5. The number of pyridine rings is 1. The SMILES string of the molecule is Cc1cccc(CCCOC(=O)c2c(C)oc(C)c2Br)n1. The summed E-state index contributed by atoms with van der Waals surface area (Å²) in [5, 5.41) is 0. The number of hydrogen-bond donors (Lipinski definition) is 0. The van der Waals surface area contributed by atoms with Crippen molar-refractivity contribution >= 4 is 21.9 Å². The first-order valence-electron chi connectivity index (χ1n) is 6.84. The van der Waals surface area contributed by atoms with Gasteiger partial charge in [-0.25, -0.2) is 4.79 Å². The Hall–Kier alpha value is -1.62. The molecule has 0 radical (unpaired) electrons.